The Morgan fingerprint density at radius 1 is 1.28 bits per heavy atom. The van der Waals surface area contributed by atoms with Crippen LogP contribution < -0.4 is 0 Å². The summed E-state index contributed by atoms with van der Waals surface area (Å²) in [5.41, 5.74) is 0.874. The van der Waals surface area contributed by atoms with Crippen molar-refractivity contribution in [2.75, 3.05) is 6.61 Å². The number of esters is 1. The topological polar surface area (TPSA) is 67.3 Å². The predicted octanol–water partition coefficient (Wildman–Crippen LogP) is 3.89. The summed E-state index contributed by atoms with van der Waals surface area (Å²) in [5.74, 6) is -3.26. The molecule has 0 amide bonds. The standard InChI is InChI=1S/C18H19F2N3O2/c1-3-6-13-16(18(24)25-4-2)14(10-9-21-23-17(10)22-13)15-11(19)7-5-8-12(15)20/h5,7-9,14,16H,3-4,6H2,1-2H3,(H,21,23). The van der Waals surface area contributed by atoms with Crippen LogP contribution in [0.5, 0.6) is 0 Å². The van der Waals surface area contributed by atoms with E-state index < -0.39 is 29.4 Å². The number of nitrogens with one attached hydrogen (secondary N) is 1. The zero-order valence-corrected chi connectivity index (χ0v) is 14.1. The van der Waals surface area contributed by atoms with Crippen molar-refractivity contribution in [3.05, 3.63) is 47.2 Å². The van der Waals surface area contributed by atoms with Crippen LogP contribution in [0.15, 0.2) is 29.4 Å². The number of aromatic nitrogens is 2. The van der Waals surface area contributed by atoms with E-state index in [1.54, 1.807) is 6.92 Å². The van der Waals surface area contributed by atoms with Gasteiger partial charge in [0.15, 0.2) is 5.82 Å². The normalized spacial score (nSPS) is 19.3. The quantitative estimate of drug-likeness (QED) is 0.835. The number of carbonyl (C=O) groups excluding carboxylic acids is 1. The lowest BCUT2D eigenvalue weighted by atomic mass is 9.76. The molecule has 1 aliphatic rings. The minimum absolute atomic E-state index is 0.160. The lowest BCUT2D eigenvalue weighted by Crippen LogP contribution is -2.35. The Morgan fingerprint density at radius 2 is 2.00 bits per heavy atom. The molecule has 3 rings (SSSR count). The summed E-state index contributed by atoms with van der Waals surface area (Å²) in [6, 6.07) is 3.67. The van der Waals surface area contributed by atoms with Gasteiger partial charge in [-0.15, -0.1) is 0 Å². The summed E-state index contributed by atoms with van der Waals surface area (Å²) >= 11 is 0. The molecular weight excluding hydrogens is 328 g/mol. The van der Waals surface area contributed by atoms with E-state index in [9.17, 15) is 13.6 Å². The molecule has 2 heterocycles. The molecule has 0 bridgehead atoms. The number of fused-ring (bicyclic) bond motifs is 1. The fourth-order valence-corrected chi connectivity index (χ4v) is 3.29. The molecule has 2 aromatic rings. The summed E-state index contributed by atoms with van der Waals surface area (Å²) < 4.78 is 34.2. The van der Waals surface area contributed by atoms with Crippen molar-refractivity contribution in [3.8, 4) is 0 Å². The third-order valence-corrected chi connectivity index (χ3v) is 4.29. The number of aromatic amines is 1. The first-order chi connectivity index (χ1) is 12.1. The molecule has 0 fully saturated rings. The van der Waals surface area contributed by atoms with Crippen LogP contribution in [-0.2, 0) is 9.53 Å². The van der Waals surface area contributed by atoms with E-state index >= 15 is 0 Å². The highest BCUT2D eigenvalue weighted by atomic mass is 19.1. The van der Waals surface area contributed by atoms with Crippen molar-refractivity contribution in [1.29, 1.82) is 0 Å². The van der Waals surface area contributed by atoms with Crippen LogP contribution in [0.25, 0.3) is 0 Å². The van der Waals surface area contributed by atoms with E-state index in [0.29, 0.717) is 23.5 Å². The van der Waals surface area contributed by atoms with Gasteiger partial charge >= 0.3 is 5.97 Å². The number of halogens is 2. The molecule has 1 N–H and O–H groups in total. The van der Waals surface area contributed by atoms with Crippen LogP contribution in [0.2, 0.25) is 0 Å². The molecule has 1 aliphatic heterocycles. The third-order valence-electron chi connectivity index (χ3n) is 4.29. The number of rotatable bonds is 5. The lowest BCUT2D eigenvalue weighted by Gasteiger charge is -2.30. The first-order valence-electron chi connectivity index (χ1n) is 8.29. The first-order valence-corrected chi connectivity index (χ1v) is 8.29. The highest BCUT2D eigenvalue weighted by Crippen LogP contribution is 2.44. The number of ether oxygens (including phenoxy) is 1. The van der Waals surface area contributed by atoms with Gasteiger partial charge in [-0.2, -0.15) is 5.10 Å². The van der Waals surface area contributed by atoms with Crippen LogP contribution in [-0.4, -0.2) is 28.5 Å². The van der Waals surface area contributed by atoms with Crippen LogP contribution in [0.3, 0.4) is 0 Å². The lowest BCUT2D eigenvalue weighted by molar-refractivity contribution is -0.146. The van der Waals surface area contributed by atoms with E-state index in [4.69, 9.17) is 4.74 Å². The van der Waals surface area contributed by atoms with Crippen molar-refractivity contribution >= 4 is 17.5 Å². The number of H-pyrrole nitrogens is 1. The van der Waals surface area contributed by atoms with Crippen molar-refractivity contribution in [1.82, 2.24) is 10.2 Å². The molecule has 25 heavy (non-hydrogen) atoms. The monoisotopic (exact) mass is 347 g/mol. The first kappa shape index (κ1) is 17.3. The SMILES string of the molecule is CCCC1=Nc2[nH]ncc2C(c2c(F)cccc2F)C1C(=O)OCC. The molecule has 2 atom stereocenters. The molecule has 0 spiro atoms. The van der Waals surface area contributed by atoms with Crippen molar-refractivity contribution in [2.24, 2.45) is 10.9 Å². The van der Waals surface area contributed by atoms with Crippen LogP contribution in [0.4, 0.5) is 14.6 Å². The highest BCUT2D eigenvalue weighted by molar-refractivity contribution is 6.06. The molecule has 1 aromatic carbocycles. The largest absolute Gasteiger partial charge is 0.465 e. The van der Waals surface area contributed by atoms with Crippen LogP contribution in [0, 0.1) is 17.6 Å². The Labute approximate surface area is 144 Å². The molecule has 0 saturated carbocycles. The van der Waals surface area contributed by atoms with Gasteiger partial charge in [-0.3, -0.25) is 9.89 Å². The van der Waals surface area contributed by atoms with Gasteiger partial charge in [-0.25, -0.2) is 13.8 Å². The fourth-order valence-electron chi connectivity index (χ4n) is 3.29. The zero-order valence-electron chi connectivity index (χ0n) is 14.1. The van der Waals surface area contributed by atoms with Crippen molar-refractivity contribution in [2.45, 2.75) is 32.6 Å². The average Bonchev–Trinajstić information content (AvgIpc) is 3.03. The van der Waals surface area contributed by atoms with Crippen LogP contribution >= 0.6 is 0 Å². The Morgan fingerprint density at radius 3 is 2.64 bits per heavy atom. The third kappa shape index (κ3) is 3.06. The molecule has 132 valence electrons. The van der Waals surface area contributed by atoms with Gasteiger partial charge in [0.05, 0.1) is 12.8 Å². The Kier molecular flexibility index (Phi) is 4.92. The number of carbonyl (C=O) groups is 1. The van der Waals surface area contributed by atoms with Gasteiger partial charge in [0, 0.05) is 22.8 Å². The molecular formula is C18H19F2N3O2. The summed E-state index contributed by atoms with van der Waals surface area (Å²) in [5, 5.41) is 6.69. The van der Waals surface area contributed by atoms with E-state index in [2.05, 4.69) is 15.2 Å². The molecule has 5 nitrogen and oxygen atoms in total. The van der Waals surface area contributed by atoms with E-state index in [0.717, 1.165) is 6.42 Å². The Balaban J connectivity index is 2.21. The van der Waals surface area contributed by atoms with E-state index in [-0.39, 0.29) is 12.2 Å². The second kappa shape index (κ2) is 7.13. The summed E-state index contributed by atoms with van der Waals surface area (Å²) in [7, 11) is 0. The number of benzene rings is 1. The summed E-state index contributed by atoms with van der Waals surface area (Å²) in [6.45, 7) is 3.82. The number of nitrogens with zero attached hydrogens (tertiary/aromatic N) is 2. The summed E-state index contributed by atoms with van der Waals surface area (Å²) in [4.78, 5) is 17.1. The molecule has 7 heteroatoms. The minimum Gasteiger partial charge on any atom is -0.465 e. The van der Waals surface area contributed by atoms with E-state index in [1.807, 2.05) is 6.92 Å². The zero-order chi connectivity index (χ0) is 18.0. The van der Waals surface area contributed by atoms with Gasteiger partial charge in [0.1, 0.15) is 17.6 Å². The van der Waals surface area contributed by atoms with Crippen LogP contribution in [0.1, 0.15) is 43.7 Å². The fraction of sp³-hybridized carbons (Fsp3) is 0.389. The summed E-state index contributed by atoms with van der Waals surface area (Å²) in [6.07, 6.45) is 2.73. The van der Waals surface area contributed by atoms with Gasteiger partial charge in [0.25, 0.3) is 0 Å². The number of hydrogen-bond acceptors (Lipinski definition) is 4. The molecule has 0 saturated heterocycles. The number of hydrogen-bond donors (Lipinski definition) is 1. The second-order valence-corrected chi connectivity index (χ2v) is 5.87. The molecule has 2 unspecified atom stereocenters. The van der Waals surface area contributed by atoms with Crippen molar-refractivity contribution in [3.63, 3.8) is 0 Å². The second-order valence-electron chi connectivity index (χ2n) is 5.87. The van der Waals surface area contributed by atoms with Gasteiger partial charge < -0.3 is 4.74 Å². The maximum atomic E-state index is 14.5. The Bertz CT molecular complexity index is 796. The van der Waals surface area contributed by atoms with E-state index in [1.165, 1.54) is 24.4 Å². The smallest absolute Gasteiger partial charge is 0.315 e. The average molecular weight is 347 g/mol. The molecule has 0 radical (unpaired) electrons. The van der Waals surface area contributed by atoms with Gasteiger partial charge in [-0.05, 0) is 25.5 Å². The number of aliphatic imine (C=N–C) groups is 1. The van der Waals surface area contributed by atoms with Gasteiger partial charge in [-0.1, -0.05) is 19.4 Å². The Hall–Kier alpha value is -2.57. The highest BCUT2D eigenvalue weighted by Gasteiger charge is 2.43. The maximum absolute atomic E-state index is 14.5. The molecule has 0 aliphatic carbocycles. The van der Waals surface area contributed by atoms with Gasteiger partial charge in [0.2, 0.25) is 0 Å². The van der Waals surface area contributed by atoms with Crippen molar-refractivity contribution < 1.29 is 18.3 Å². The minimum atomic E-state index is -0.878. The predicted molar refractivity (Wildman–Crippen MR) is 88.9 cm³/mol. The molecule has 1 aromatic heterocycles. The maximum Gasteiger partial charge on any atom is 0.315 e.